The van der Waals surface area contributed by atoms with Crippen LogP contribution >= 0.6 is 0 Å². The van der Waals surface area contributed by atoms with Gasteiger partial charge in [-0.25, -0.2) is 0 Å². The molecule has 30 heavy (non-hydrogen) atoms. The Morgan fingerprint density at radius 2 is 1.87 bits per heavy atom. The van der Waals surface area contributed by atoms with Crippen molar-refractivity contribution in [3.05, 3.63) is 76.6 Å². The number of fused-ring (bicyclic) bond motifs is 1. The van der Waals surface area contributed by atoms with Crippen LogP contribution in [0, 0.1) is 13.8 Å². The molecule has 2 aliphatic rings. The highest BCUT2D eigenvalue weighted by molar-refractivity contribution is 5.76. The highest BCUT2D eigenvalue weighted by Gasteiger charge is 2.27. The average molecular weight is 405 g/mol. The molecule has 0 aliphatic heterocycles. The van der Waals surface area contributed by atoms with Crippen LogP contribution in [-0.4, -0.2) is 20.3 Å². The topological polar surface area (TPSA) is 27.7 Å². The molecule has 0 unspecified atom stereocenters. The summed E-state index contributed by atoms with van der Waals surface area (Å²) < 4.78 is 17.4. The standard InChI is InChI=1S/C27H32O3/c1-19-17-22(29-16-8-15-28-3)18-20(2)27(19)25-12-7-11-24-23(25)13-14-26(24)30-21-9-5-4-6-10-21/h5,7,9-12,17-18,26H,4,6,8,13-16H2,1-3H3/t26-/m0/s1. The van der Waals surface area contributed by atoms with Crippen molar-refractivity contribution in [3.8, 4) is 16.9 Å². The molecule has 0 spiro atoms. The van der Waals surface area contributed by atoms with Crippen LogP contribution in [0.2, 0.25) is 0 Å². The summed E-state index contributed by atoms with van der Waals surface area (Å²) >= 11 is 0. The molecule has 0 saturated heterocycles. The second-order valence-electron chi connectivity index (χ2n) is 8.23. The zero-order valence-electron chi connectivity index (χ0n) is 18.4. The third-order valence-electron chi connectivity index (χ3n) is 5.99. The highest BCUT2D eigenvalue weighted by atomic mass is 16.5. The Kier molecular flexibility index (Phi) is 6.59. The summed E-state index contributed by atoms with van der Waals surface area (Å²) in [6.07, 6.45) is 11.9. The van der Waals surface area contributed by atoms with Crippen molar-refractivity contribution in [3.63, 3.8) is 0 Å². The number of hydrogen-bond donors (Lipinski definition) is 0. The van der Waals surface area contributed by atoms with Gasteiger partial charge in [-0.3, -0.25) is 0 Å². The molecule has 0 aromatic heterocycles. The fourth-order valence-corrected chi connectivity index (χ4v) is 4.64. The van der Waals surface area contributed by atoms with Gasteiger partial charge in [0.15, 0.2) is 0 Å². The van der Waals surface area contributed by atoms with Crippen LogP contribution in [0.3, 0.4) is 0 Å². The lowest BCUT2D eigenvalue weighted by Gasteiger charge is -2.19. The molecule has 0 bridgehead atoms. The molecule has 2 aliphatic carbocycles. The zero-order valence-corrected chi connectivity index (χ0v) is 18.4. The second kappa shape index (κ2) is 9.53. The lowest BCUT2D eigenvalue weighted by Crippen LogP contribution is -2.03. The van der Waals surface area contributed by atoms with Crippen molar-refractivity contribution in [2.75, 3.05) is 20.3 Å². The first kappa shape index (κ1) is 20.7. The van der Waals surface area contributed by atoms with Gasteiger partial charge in [-0.2, -0.15) is 0 Å². The van der Waals surface area contributed by atoms with Crippen LogP contribution in [-0.2, 0) is 15.9 Å². The van der Waals surface area contributed by atoms with Crippen molar-refractivity contribution < 1.29 is 14.2 Å². The van der Waals surface area contributed by atoms with Crippen LogP contribution in [0.25, 0.3) is 11.1 Å². The molecule has 0 fully saturated rings. The van der Waals surface area contributed by atoms with Crippen LogP contribution in [0.5, 0.6) is 5.75 Å². The van der Waals surface area contributed by atoms with Gasteiger partial charge in [0.25, 0.3) is 0 Å². The van der Waals surface area contributed by atoms with Crippen molar-refractivity contribution in [2.45, 2.75) is 52.1 Å². The van der Waals surface area contributed by atoms with Crippen molar-refractivity contribution in [2.24, 2.45) is 0 Å². The summed E-state index contributed by atoms with van der Waals surface area (Å²) in [5.41, 5.74) is 7.95. The van der Waals surface area contributed by atoms with Crippen LogP contribution in [0.4, 0.5) is 0 Å². The van der Waals surface area contributed by atoms with E-state index in [-0.39, 0.29) is 6.10 Å². The number of benzene rings is 2. The monoisotopic (exact) mass is 404 g/mol. The van der Waals surface area contributed by atoms with E-state index in [0.29, 0.717) is 6.61 Å². The van der Waals surface area contributed by atoms with E-state index in [1.807, 2.05) is 0 Å². The lowest BCUT2D eigenvalue weighted by molar-refractivity contribution is 0.126. The number of aryl methyl sites for hydroxylation is 2. The number of methoxy groups -OCH3 is 1. The molecule has 3 nitrogen and oxygen atoms in total. The van der Waals surface area contributed by atoms with E-state index in [9.17, 15) is 0 Å². The molecule has 1 atom stereocenters. The molecule has 0 N–H and O–H groups in total. The molecule has 0 amide bonds. The smallest absolute Gasteiger partial charge is 0.124 e. The summed E-state index contributed by atoms with van der Waals surface area (Å²) in [5, 5.41) is 0. The Hall–Kier alpha value is -2.52. The third kappa shape index (κ3) is 4.46. The number of hydrogen-bond acceptors (Lipinski definition) is 3. The maximum absolute atomic E-state index is 6.36. The van der Waals surface area contributed by atoms with Gasteiger partial charge in [-0.1, -0.05) is 24.3 Å². The maximum Gasteiger partial charge on any atom is 0.124 e. The quantitative estimate of drug-likeness (QED) is 0.463. The minimum Gasteiger partial charge on any atom is -0.493 e. The zero-order chi connectivity index (χ0) is 20.9. The van der Waals surface area contributed by atoms with Crippen LogP contribution < -0.4 is 4.74 Å². The van der Waals surface area contributed by atoms with Gasteiger partial charge in [0.2, 0.25) is 0 Å². The van der Waals surface area contributed by atoms with Crippen molar-refractivity contribution in [1.82, 2.24) is 0 Å². The minimum absolute atomic E-state index is 0.151. The summed E-state index contributed by atoms with van der Waals surface area (Å²) in [4.78, 5) is 0. The van der Waals surface area contributed by atoms with Crippen molar-refractivity contribution in [1.29, 1.82) is 0 Å². The summed E-state index contributed by atoms with van der Waals surface area (Å²) in [6, 6.07) is 11.0. The Balaban J connectivity index is 1.58. The SMILES string of the molecule is COCCCOc1cc(C)c(-c2cccc3c2CC[C@@H]3OC2=CCCC=C2)c(C)c1. The molecule has 0 saturated carbocycles. The van der Waals surface area contributed by atoms with Gasteiger partial charge < -0.3 is 14.2 Å². The molecule has 158 valence electrons. The Morgan fingerprint density at radius 3 is 2.60 bits per heavy atom. The Labute approximate surface area is 180 Å². The predicted octanol–water partition coefficient (Wildman–Crippen LogP) is 6.62. The van der Waals surface area contributed by atoms with E-state index in [2.05, 4.69) is 62.4 Å². The highest BCUT2D eigenvalue weighted by Crippen LogP contribution is 2.43. The van der Waals surface area contributed by atoms with E-state index >= 15 is 0 Å². The van der Waals surface area contributed by atoms with Gasteiger partial charge in [0.05, 0.1) is 6.61 Å². The van der Waals surface area contributed by atoms with Gasteiger partial charge >= 0.3 is 0 Å². The summed E-state index contributed by atoms with van der Waals surface area (Å²) in [7, 11) is 1.72. The van der Waals surface area contributed by atoms with E-state index in [4.69, 9.17) is 14.2 Å². The van der Waals surface area contributed by atoms with Gasteiger partial charge in [-0.15, -0.1) is 0 Å². The number of allylic oxidation sites excluding steroid dienone is 3. The maximum atomic E-state index is 6.36. The van der Waals surface area contributed by atoms with Gasteiger partial charge in [0.1, 0.15) is 17.6 Å². The molecular formula is C27H32O3. The summed E-state index contributed by atoms with van der Waals surface area (Å²) in [6.45, 7) is 5.77. The van der Waals surface area contributed by atoms with E-state index in [1.165, 1.54) is 33.4 Å². The molecule has 0 heterocycles. The first-order valence-electron chi connectivity index (χ1n) is 11.1. The minimum atomic E-state index is 0.151. The fourth-order valence-electron chi connectivity index (χ4n) is 4.64. The molecule has 2 aromatic rings. The molecule has 0 radical (unpaired) electrons. The predicted molar refractivity (Wildman–Crippen MR) is 122 cm³/mol. The summed E-state index contributed by atoms with van der Waals surface area (Å²) in [5.74, 6) is 1.96. The number of ether oxygens (including phenoxy) is 3. The van der Waals surface area contributed by atoms with Crippen molar-refractivity contribution >= 4 is 0 Å². The average Bonchev–Trinajstić information content (AvgIpc) is 3.15. The van der Waals surface area contributed by atoms with E-state index < -0.39 is 0 Å². The van der Waals surface area contributed by atoms with E-state index in [0.717, 1.165) is 50.2 Å². The first-order chi connectivity index (χ1) is 14.7. The fraction of sp³-hybridized carbons (Fsp3) is 0.407. The molecule has 2 aromatic carbocycles. The van der Waals surface area contributed by atoms with Gasteiger partial charge in [0, 0.05) is 20.1 Å². The lowest BCUT2D eigenvalue weighted by atomic mass is 9.90. The Morgan fingerprint density at radius 1 is 1.03 bits per heavy atom. The van der Waals surface area contributed by atoms with Crippen LogP contribution in [0.15, 0.2) is 54.3 Å². The Bertz CT molecular complexity index is 932. The normalized spacial score (nSPS) is 17.6. The van der Waals surface area contributed by atoms with E-state index in [1.54, 1.807) is 7.11 Å². The van der Waals surface area contributed by atoms with Crippen LogP contribution in [0.1, 0.15) is 54.0 Å². The third-order valence-corrected chi connectivity index (χ3v) is 5.99. The molecule has 4 rings (SSSR count). The molecular weight excluding hydrogens is 372 g/mol. The van der Waals surface area contributed by atoms with Gasteiger partial charge in [-0.05, 0) is 97.2 Å². The molecule has 3 heteroatoms. The first-order valence-corrected chi connectivity index (χ1v) is 11.1. The largest absolute Gasteiger partial charge is 0.493 e. The second-order valence-corrected chi connectivity index (χ2v) is 8.23. The number of rotatable bonds is 8.